The van der Waals surface area contributed by atoms with E-state index in [9.17, 15) is 4.79 Å². The first kappa shape index (κ1) is 15.7. The van der Waals surface area contributed by atoms with E-state index in [1.165, 1.54) is 5.56 Å². The van der Waals surface area contributed by atoms with Gasteiger partial charge in [0, 0.05) is 12.2 Å². The summed E-state index contributed by atoms with van der Waals surface area (Å²) in [7, 11) is 0. The van der Waals surface area contributed by atoms with Crippen LogP contribution in [0.4, 0.5) is 5.82 Å². The molecule has 0 bridgehead atoms. The van der Waals surface area contributed by atoms with Crippen LogP contribution < -0.4 is 16.4 Å². The predicted molar refractivity (Wildman–Crippen MR) is 88.5 cm³/mol. The van der Waals surface area contributed by atoms with Gasteiger partial charge in [0.25, 0.3) is 0 Å². The van der Waals surface area contributed by atoms with Gasteiger partial charge in [0.15, 0.2) is 0 Å². The fraction of sp³-hybridized carbons (Fsp3) is 0.533. The Morgan fingerprint density at radius 2 is 2.19 bits per heavy atom. The molecule has 6 heteroatoms. The molecule has 0 spiro atoms. The molecule has 0 aromatic carbocycles. The highest BCUT2D eigenvalue weighted by Gasteiger charge is 2.21. The fourth-order valence-corrected chi connectivity index (χ4v) is 2.83. The van der Waals surface area contributed by atoms with Crippen LogP contribution in [0.5, 0.6) is 0 Å². The van der Waals surface area contributed by atoms with Crippen molar-refractivity contribution in [1.29, 1.82) is 0 Å². The third-order valence-electron chi connectivity index (χ3n) is 3.72. The Hall–Kier alpha value is -1.69. The van der Waals surface area contributed by atoms with Gasteiger partial charge in [-0.3, -0.25) is 4.79 Å². The van der Waals surface area contributed by atoms with E-state index in [1.54, 1.807) is 0 Å². The summed E-state index contributed by atoms with van der Waals surface area (Å²) in [4.78, 5) is 18.3. The lowest BCUT2D eigenvalue weighted by atomic mass is 10.1. The summed E-state index contributed by atoms with van der Waals surface area (Å²) in [6.07, 6.45) is 5.08. The van der Waals surface area contributed by atoms with Crippen LogP contribution in [0.25, 0.3) is 0 Å². The summed E-state index contributed by atoms with van der Waals surface area (Å²) in [5.74, 6) is 0.331. The number of amides is 1. The zero-order chi connectivity index (χ0) is 15.4. The first-order valence-corrected chi connectivity index (χ1v) is 7.79. The Labute approximate surface area is 130 Å². The number of pyridine rings is 1. The quantitative estimate of drug-likeness (QED) is 0.742. The van der Waals surface area contributed by atoms with Crippen molar-refractivity contribution >= 4 is 28.9 Å². The van der Waals surface area contributed by atoms with Crippen LogP contribution >= 0.6 is 12.2 Å². The van der Waals surface area contributed by atoms with Gasteiger partial charge in [-0.1, -0.05) is 25.6 Å². The Morgan fingerprint density at radius 3 is 2.81 bits per heavy atom. The number of unbranched alkanes of at least 4 members (excludes halogenated alkanes) is 1. The molecule has 5 nitrogen and oxygen atoms in total. The molecular formula is C15H22N4OS. The summed E-state index contributed by atoms with van der Waals surface area (Å²) in [6.45, 7) is 2.97. The van der Waals surface area contributed by atoms with Crippen molar-refractivity contribution in [2.75, 3.05) is 18.0 Å². The van der Waals surface area contributed by atoms with Crippen LogP contribution in [0.2, 0.25) is 0 Å². The smallest absolute Gasteiger partial charge is 0.236 e. The average Bonchev–Trinajstić information content (AvgIpc) is 2.88. The largest absolute Gasteiger partial charge is 0.389 e. The minimum Gasteiger partial charge on any atom is -0.389 e. The van der Waals surface area contributed by atoms with E-state index in [0.29, 0.717) is 10.8 Å². The molecule has 0 atom stereocenters. The molecule has 1 aliphatic rings. The van der Waals surface area contributed by atoms with Gasteiger partial charge in [-0.15, -0.1) is 0 Å². The van der Waals surface area contributed by atoms with Crippen LogP contribution in [0.15, 0.2) is 6.07 Å². The van der Waals surface area contributed by atoms with E-state index < -0.39 is 0 Å². The van der Waals surface area contributed by atoms with Gasteiger partial charge in [0.05, 0.1) is 12.1 Å². The minimum atomic E-state index is -0.373. The number of hydrogen-bond donors (Lipinski definition) is 2. The van der Waals surface area contributed by atoms with Crippen molar-refractivity contribution in [2.45, 2.75) is 39.0 Å². The van der Waals surface area contributed by atoms with Crippen LogP contribution in [0, 0.1) is 0 Å². The minimum absolute atomic E-state index is 0.140. The maximum Gasteiger partial charge on any atom is 0.236 e. The second kappa shape index (κ2) is 6.85. The van der Waals surface area contributed by atoms with E-state index in [1.807, 2.05) is 11.0 Å². The average molecular weight is 306 g/mol. The molecular weight excluding hydrogens is 284 g/mol. The number of rotatable bonds is 7. The summed E-state index contributed by atoms with van der Waals surface area (Å²) in [5, 5.41) is 0. The molecule has 0 fully saturated rings. The van der Waals surface area contributed by atoms with Crippen LogP contribution in [-0.2, 0) is 17.6 Å². The van der Waals surface area contributed by atoms with Gasteiger partial charge in [-0.05, 0) is 37.3 Å². The van der Waals surface area contributed by atoms with Gasteiger partial charge in [0.2, 0.25) is 5.91 Å². The summed E-state index contributed by atoms with van der Waals surface area (Å²) >= 11 is 5.16. The number of fused-ring (bicyclic) bond motifs is 1. The number of nitrogens with zero attached hydrogens (tertiary/aromatic N) is 2. The van der Waals surface area contributed by atoms with Crippen molar-refractivity contribution in [2.24, 2.45) is 11.5 Å². The van der Waals surface area contributed by atoms with E-state index in [0.717, 1.165) is 49.9 Å². The second-order valence-electron chi connectivity index (χ2n) is 5.42. The lowest BCUT2D eigenvalue weighted by Gasteiger charge is -2.25. The third kappa shape index (κ3) is 3.69. The van der Waals surface area contributed by atoms with Gasteiger partial charge < -0.3 is 16.4 Å². The first-order valence-electron chi connectivity index (χ1n) is 7.38. The van der Waals surface area contributed by atoms with Crippen molar-refractivity contribution < 1.29 is 4.79 Å². The maximum absolute atomic E-state index is 11.3. The Balaban J connectivity index is 2.41. The number of aromatic nitrogens is 1. The van der Waals surface area contributed by atoms with E-state index in [2.05, 4.69) is 6.92 Å². The molecule has 1 amide bonds. The molecule has 21 heavy (non-hydrogen) atoms. The van der Waals surface area contributed by atoms with Crippen molar-refractivity contribution in [3.8, 4) is 0 Å². The summed E-state index contributed by atoms with van der Waals surface area (Å²) in [5.41, 5.74) is 14.3. The fourth-order valence-electron chi connectivity index (χ4n) is 2.68. The van der Waals surface area contributed by atoms with Gasteiger partial charge in [0.1, 0.15) is 10.8 Å². The van der Waals surface area contributed by atoms with Crippen LogP contribution in [0.3, 0.4) is 0 Å². The molecule has 2 rings (SSSR count). The lowest BCUT2D eigenvalue weighted by molar-refractivity contribution is -0.116. The molecule has 0 aliphatic heterocycles. The highest BCUT2D eigenvalue weighted by Crippen LogP contribution is 2.27. The Kier molecular flexibility index (Phi) is 5.12. The second-order valence-corrected chi connectivity index (χ2v) is 5.86. The Morgan fingerprint density at radius 1 is 1.43 bits per heavy atom. The summed E-state index contributed by atoms with van der Waals surface area (Å²) in [6, 6.07) is 2.03. The summed E-state index contributed by atoms with van der Waals surface area (Å²) < 4.78 is 0. The normalized spacial score (nSPS) is 13.0. The highest BCUT2D eigenvalue weighted by molar-refractivity contribution is 7.80. The molecule has 1 aromatic rings. The van der Waals surface area contributed by atoms with Crippen molar-refractivity contribution in [3.05, 3.63) is 22.9 Å². The zero-order valence-electron chi connectivity index (χ0n) is 12.4. The maximum atomic E-state index is 11.3. The van der Waals surface area contributed by atoms with E-state index in [-0.39, 0.29) is 12.5 Å². The van der Waals surface area contributed by atoms with Crippen LogP contribution in [0.1, 0.15) is 43.0 Å². The molecule has 0 unspecified atom stereocenters. The number of nitrogens with two attached hydrogens (primary N) is 2. The van der Waals surface area contributed by atoms with E-state index >= 15 is 0 Å². The SMILES string of the molecule is CCCCN(CC(N)=O)c1nc2c(cc1C(N)=S)CCC2. The molecule has 114 valence electrons. The van der Waals surface area contributed by atoms with Crippen molar-refractivity contribution in [3.63, 3.8) is 0 Å². The molecule has 1 aliphatic carbocycles. The molecule has 1 heterocycles. The number of carbonyl (C=O) groups excluding carboxylic acids is 1. The van der Waals surface area contributed by atoms with E-state index in [4.69, 9.17) is 28.7 Å². The highest BCUT2D eigenvalue weighted by atomic mass is 32.1. The van der Waals surface area contributed by atoms with Gasteiger partial charge in [-0.25, -0.2) is 4.98 Å². The lowest BCUT2D eigenvalue weighted by Crippen LogP contribution is -2.36. The van der Waals surface area contributed by atoms with Crippen LogP contribution in [-0.4, -0.2) is 29.0 Å². The monoisotopic (exact) mass is 306 g/mol. The standard InChI is InChI=1S/C15H22N4OS/c1-2-3-7-19(9-13(16)20)15-11(14(17)21)8-10-5-4-6-12(10)18-15/h8H,2-7,9H2,1H3,(H2,16,20)(H2,17,21). The number of primary amides is 1. The van der Waals surface area contributed by atoms with Crippen molar-refractivity contribution in [1.82, 2.24) is 4.98 Å². The zero-order valence-corrected chi connectivity index (χ0v) is 13.2. The first-order chi connectivity index (χ1) is 10.0. The number of thiocarbonyl (C=S) groups is 1. The molecule has 0 saturated carbocycles. The van der Waals surface area contributed by atoms with Gasteiger partial charge >= 0.3 is 0 Å². The number of carbonyl (C=O) groups is 1. The predicted octanol–water partition coefficient (Wildman–Crippen LogP) is 1.30. The Bertz CT molecular complexity index is 559. The molecule has 0 radical (unpaired) electrons. The molecule has 4 N–H and O–H groups in total. The van der Waals surface area contributed by atoms with Gasteiger partial charge in [-0.2, -0.15) is 0 Å². The third-order valence-corrected chi connectivity index (χ3v) is 3.94. The molecule has 0 saturated heterocycles. The number of anilines is 1. The topological polar surface area (TPSA) is 85.2 Å². The number of aryl methyl sites for hydroxylation is 2. The molecule has 1 aromatic heterocycles. The number of hydrogen-bond acceptors (Lipinski definition) is 4.